The number of sulfone groups is 1. The Morgan fingerprint density at radius 2 is 1.86 bits per heavy atom. The summed E-state index contributed by atoms with van der Waals surface area (Å²) in [5.74, 6) is 1.70. The molecule has 0 unspecified atom stereocenters. The lowest BCUT2D eigenvalue weighted by Crippen LogP contribution is -2.49. The molecule has 1 aliphatic rings. The highest BCUT2D eigenvalue weighted by molar-refractivity contribution is 7.90. The maximum absolute atomic E-state index is 12.4. The van der Waals surface area contributed by atoms with Crippen molar-refractivity contribution in [3.8, 4) is 11.3 Å². The average molecular weight is 406 g/mol. The Bertz CT molecular complexity index is 872. The van der Waals surface area contributed by atoms with E-state index in [0.717, 1.165) is 24.4 Å². The second kappa shape index (κ2) is 9.34. The number of carbonyl (C=O) groups excluding carboxylic acids is 1. The summed E-state index contributed by atoms with van der Waals surface area (Å²) in [4.78, 5) is 20.7. The van der Waals surface area contributed by atoms with E-state index in [9.17, 15) is 13.2 Å². The van der Waals surface area contributed by atoms with E-state index in [1.165, 1.54) is 6.26 Å². The molecule has 0 N–H and O–H groups in total. The molecular formula is C20H27N3O4S. The Hall–Kier alpha value is -2.19. The molecule has 1 amide bonds. The summed E-state index contributed by atoms with van der Waals surface area (Å²) in [6, 6.07) is 9.82. The van der Waals surface area contributed by atoms with Crippen molar-refractivity contribution in [1.82, 2.24) is 14.8 Å². The van der Waals surface area contributed by atoms with Crippen LogP contribution in [0.4, 0.5) is 0 Å². The number of aryl methyl sites for hydroxylation is 1. The molecular weight excluding hydrogens is 378 g/mol. The third-order valence-corrected chi connectivity index (χ3v) is 5.82. The molecule has 1 aliphatic heterocycles. The molecule has 8 heteroatoms. The number of piperazine rings is 1. The lowest BCUT2D eigenvalue weighted by Gasteiger charge is -2.34. The molecule has 2 heterocycles. The summed E-state index contributed by atoms with van der Waals surface area (Å²) >= 11 is 0. The van der Waals surface area contributed by atoms with Crippen molar-refractivity contribution in [2.24, 2.45) is 0 Å². The summed E-state index contributed by atoms with van der Waals surface area (Å²) in [7, 11) is -2.94. The number of hydrogen-bond acceptors (Lipinski definition) is 6. The number of hydrogen-bond donors (Lipinski definition) is 0. The van der Waals surface area contributed by atoms with Gasteiger partial charge in [-0.2, -0.15) is 0 Å². The summed E-state index contributed by atoms with van der Waals surface area (Å²) in [6.45, 7) is 3.29. The van der Waals surface area contributed by atoms with Crippen LogP contribution >= 0.6 is 0 Å². The Labute approximate surface area is 166 Å². The number of amides is 1. The van der Waals surface area contributed by atoms with Gasteiger partial charge in [-0.1, -0.05) is 30.3 Å². The topological polar surface area (TPSA) is 83.7 Å². The van der Waals surface area contributed by atoms with Gasteiger partial charge < -0.3 is 9.32 Å². The zero-order valence-electron chi connectivity index (χ0n) is 16.2. The molecule has 1 aromatic heterocycles. The van der Waals surface area contributed by atoms with Crippen molar-refractivity contribution in [3.05, 3.63) is 42.4 Å². The second-order valence-electron chi connectivity index (χ2n) is 7.19. The fraction of sp³-hybridized carbons (Fsp3) is 0.500. The van der Waals surface area contributed by atoms with Gasteiger partial charge in [-0.25, -0.2) is 13.4 Å². The van der Waals surface area contributed by atoms with Crippen LogP contribution in [0.5, 0.6) is 0 Å². The highest BCUT2D eigenvalue weighted by atomic mass is 32.2. The maximum atomic E-state index is 12.4. The minimum Gasteiger partial charge on any atom is -0.441 e. The SMILES string of the molecule is CS(=O)(=O)CCN1CCN(C(=O)CCCc2ncc(-c3ccccc3)o2)CC1. The molecule has 1 saturated heterocycles. The first-order valence-electron chi connectivity index (χ1n) is 9.59. The molecule has 0 bridgehead atoms. The number of rotatable bonds is 8. The fourth-order valence-corrected chi connectivity index (χ4v) is 3.82. The summed E-state index contributed by atoms with van der Waals surface area (Å²) in [5.41, 5.74) is 0.992. The van der Waals surface area contributed by atoms with Crippen molar-refractivity contribution >= 4 is 15.7 Å². The van der Waals surface area contributed by atoms with Crippen molar-refractivity contribution in [2.45, 2.75) is 19.3 Å². The van der Waals surface area contributed by atoms with Gasteiger partial charge in [0.1, 0.15) is 9.84 Å². The third-order valence-electron chi connectivity index (χ3n) is 4.90. The molecule has 0 saturated carbocycles. The average Bonchev–Trinajstić information content (AvgIpc) is 3.16. The van der Waals surface area contributed by atoms with Crippen molar-refractivity contribution in [3.63, 3.8) is 0 Å². The highest BCUT2D eigenvalue weighted by Gasteiger charge is 2.21. The fourth-order valence-electron chi connectivity index (χ4n) is 3.23. The normalized spacial score (nSPS) is 15.7. The third kappa shape index (κ3) is 6.17. The first-order chi connectivity index (χ1) is 13.4. The van der Waals surface area contributed by atoms with E-state index in [1.54, 1.807) is 6.20 Å². The molecule has 0 radical (unpaired) electrons. The molecule has 3 rings (SSSR count). The van der Waals surface area contributed by atoms with Crippen molar-refractivity contribution in [1.29, 1.82) is 0 Å². The van der Waals surface area contributed by atoms with Crippen molar-refractivity contribution in [2.75, 3.05) is 44.7 Å². The van der Waals surface area contributed by atoms with Crippen LogP contribution in [0.2, 0.25) is 0 Å². The van der Waals surface area contributed by atoms with Gasteiger partial charge >= 0.3 is 0 Å². The van der Waals surface area contributed by atoms with Crippen LogP contribution in [0.25, 0.3) is 11.3 Å². The molecule has 0 spiro atoms. The minimum atomic E-state index is -2.94. The van der Waals surface area contributed by atoms with E-state index in [4.69, 9.17) is 4.42 Å². The van der Waals surface area contributed by atoms with Gasteiger partial charge in [0.05, 0.1) is 11.9 Å². The first-order valence-corrected chi connectivity index (χ1v) is 11.6. The zero-order chi connectivity index (χ0) is 20.0. The number of nitrogens with zero attached hydrogens (tertiary/aromatic N) is 3. The van der Waals surface area contributed by atoms with Crippen LogP contribution in [0.3, 0.4) is 0 Å². The Morgan fingerprint density at radius 1 is 1.14 bits per heavy atom. The van der Waals surface area contributed by atoms with E-state index < -0.39 is 9.84 Å². The zero-order valence-corrected chi connectivity index (χ0v) is 17.0. The molecule has 1 fully saturated rings. The van der Waals surface area contributed by atoms with Crippen LogP contribution in [0, 0.1) is 0 Å². The van der Waals surface area contributed by atoms with Gasteiger partial charge in [0.15, 0.2) is 11.7 Å². The standard InChI is InChI=1S/C20H27N3O4S/c1-28(25,26)15-14-22-10-12-23(13-11-22)20(24)9-5-8-19-21-16-18(27-19)17-6-3-2-4-7-17/h2-4,6-7,16H,5,8-15H2,1H3. The lowest BCUT2D eigenvalue weighted by atomic mass is 10.2. The van der Waals surface area contributed by atoms with E-state index in [0.29, 0.717) is 44.8 Å². The monoisotopic (exact) mass is 405 g/mol. The van der Waals surface area contributed by atoms with Gasteiger partial charge in [0.2, 0.25) is 5.91 Å². The summed E-state index contributed by atoms with van der Waals surface area (Å²) in [6.07, 6.45) is 4.77. The summed E-state index contributed by atoms with van der Waals surface area (Å²) in [5, 5.41) is 0. The van der Waals surface area contributed by atoms with E-state index >= 15 is 0 Å². The van der Waals surface area contributed by atoms with Crippen LogP contribution in [-0.4, -0.2) is 73.8 Å². The molecule has 28 heavy (non-hydrogen) atoms. The van der Waals surface area contributed by atoms with Crippen molar-refractivity contribution < 1.29 is 17.6 Å². The Balaban J connectivity index is 1.38. The van der Waals surface area contributed by atoms with Gasteiger partial charge in [-0.05, 0) is 6.42 Å². The second-order valence-corrected chi connectivity index (χ2v) is 9.45. The number of oxazole rings is 1. The van der Waals surface area contributed by atoms with E-state index in [2.05, 4.69) is 9.88 Å². The van der Waals surface area contributed by atoms with Gasteiger partial charge in [0.25, 0.3) is 0 Å². The van der Waals surface area contributed by atoms with Crippen LogP contribution in [-0.2, 0) is 21.1 Å². The van der Waals surface area contributed by atoms with E-state index in [1.807, 2.05) is 35.2 Å². The molecule has 0 aliphatic carbocycles. The maximum Gasteiger partial charge on any atom is 0.222 e. The summed E-state index contributed by atoms with van der Waals surface area (Å²) < 4.78 is 28.3. The quantitative estimate of drug-likeness (QED) is 0.667. The predicted octanol–water partition coefficient (Wildman–Crippen LogP) is 1.85. The van der Waals surface area contributed by atoms with Gasteiger partial charge in [-0.3, -0.25) is 9.69 Å². The molecule has 7 nitrogen and oxygen atoms in total. The van der Waals surface area contributed by atoms with Gasteiger partial charge in [-0.15, -0.1) is 0 Å². The molecule has 152 valence electrons. The molecule has 0 atom stereocenters. The van der Waals surface area contributed by atoms with Crippen LogP contribution in [0.15, 0.2) is 40.9 Å². The number of aromatic nitrogens is 1. The Morgan fingerprint density at radius 3 is 2.54 bits per heavy atom. The highest BCUT2D eigenvalue weighted by Crippen LogP contribution is 2.20. The minimum absolute atomic E-state index is 0.137. The van der Waals surface area contributed by atoms with Crippen LogP contribution < -0.4 is 0 Å². The molecule has 1 aromatic carbocycles. The van der Waals surface area contributed by atoms with Crippen LogP contribution in [0.1, 0.15) is 18.7 Å². The predicted molar refractivity (Wildman–Crippen MR) is 108 cm³/mol. The van der Waals surface area contributed by atoms with E-state index in [-0.39, 0.29) is 11.7 Å². The number of carbonyl (C=O) groups is 1. The Kier molecular flexibility index (Phi) is 6.85. The first kappa shape index (κ1) is 20.5. The van der Waals surface area contributed by atoms with Gasteiger partial charge in [0, 0.05) is 57.4 Å². The lowest BCUT2D eigenvalue weighted by molar-refractivity contribution is -0.133. The number of benzene rings is 1. The molecule has 2 aromatic rings. The smallest absolute Gasteiger partial charge is 0.222 e. The largest absolute Gasteiger partial charge is 0.441 e.